The first-order valence-electron chi connectivity index (χ1n) is 7.13. The zero-order valence-electron chi connectivity index (χ0n) is 12.4. The van der Waals surface area contributed by atoms with Crippen LogP contribution in [0.3, 0.4) is 0 Å². The standard InChI is InChI=1S/C16H25NO2/c1-11(2)16-10-14(7-8-19-16)17-13-5-6-15(18-4)12(3)9-13/h5-6,9,11,14,16-17H,7-8,10H2,1-4H3. The van der Waals surface area contributed by atoms with Gasteiger partial charge in [-0.15, -0.1) is 0 Å². The third-order valence-electron chi connectivity index (χ3n) is 3.82. The molecule has 1 heterocycles. The zero-order valence-corrected chi connectivity index (χ0v) is 12.4. The molecule has 0 saturated carbocycles. The van der Waals surface area contributed by atoms with Gasteiger partial charge in [0, 0.05) is 18.3 Å². The molecule has 1 aliphatic rings. The summed E-state index contributed by atoms with van der Waals surface area (Å²) in [6, 6.07) is 6.77. The first-order chi connectivity index (χ1) is 9.10. The number of ether oxygens (including phenoxy) is 2. The second-order valence-electron chi connectivity index (χ2n) is 5.70. The summed E-state index contributed by atoms with van der Waals surface area (Å²) in [5.41, 5.74) is 2.34. The van der Waals surface area contributed by atoms with Gasteiger partial charge in [-0.05, 0) is 49.4 Å². The molecule has 3 heteroatoms. The van der Waals surface area contributed by atoms with E-state index < -0.39 is 0 Å². The summed E-state index contributed by atoms with van der Waals surface area (Å²) in [7, 11) is 1.71. The Morgan fingerprint density at radius 3 is 2.79 bits per heavy atom. The smallest absolute Gasteiger partial charge is 0.121 e. The van der Waals surface area contributed by atoms with Gasteiger partial charge in [-0.25, -0.2) is 0 Å². The van der Waals surface area contributed by atoms with E-state index in [1.54, 1.807) is 7.11 Å². The second kappa shape index (κ2) is 6.29. The molecule has 1 aromatic rings. The van der Waals surface area contributed by atoms with Crippen LogP contribution < -0.4 is 10.1 Å². The fourth-order valence-electron chi connectivity index (χ4n) is 2.63. The van der Waals surface area contributed by atoms with Crippen LogP contribution in [0.1, 0.15) is 32.3 Å². The Morgan fingerprint density at radius 2 is 2.16 bits per heavy atom. The van der Waals surface area contributed by atoms with Crippen molar-refractivity contribution in [3.8, 4) is 5.75 Å². The van der Waals surface area contributed by atoms with Crippen LogP contribution in [0.5, 0.6) is 5.75 Å². The van der Waals surface area contributed by atoms with Crippen LogP contribution in [0.2, 0.25) is 0 Å². The van der Waals surface area contributed by atoms with E-state index in [-0.39, 0.29) is 0 Å². The number of nitrogens with one attached hydrogen (secondary N) is 1. The molecule has 2 unspecified atom stereocenters. The lowest BCUT2D eigenvalue weighted by atomic mass is 9.95. The molecule has 0 radical (unpaired) electrons. The number of anilines is 1. The molecule has 0 amide bonds. The van der Waals surface area contributed by atoms with Crippen molar-refractivity contribution in [1.82, 2.24) is 0 Å². The molecule has 1 aliphatic heterocycles. The molecule has 106 valence electrons. The van der Waals surface area contributed by atoms with Crippen LogP contribution in [-0.4, -0.2) is 25.9 Å². The highest BCUT2D eigenvalue weighted by Gasteiger charge is 2.24. The van der Waals surface area contributed by atoms with Crippen molar-refractivity contribution in [2.24, 2.45) is 5.92 Å². The molecule has 1 saturated heterocycles. The van der Waals surface area contributed by atoms with Crippen LogP contribution in [0.4, 0.5) is 5.69 Å². The normalized spacial score (nSPS) is 23.4. The number of hydrogen-bond donors (Lipinski definition) is 1. The molecular formula is C16H25NO2. The Kier molecular flexibility index (Phi) is 4.70. The van der Waals surface area contributed by atoms with E-state index in [2.05, 4.69) is 38.2 Å². The van der Waals surface area contributed by atoms with Crippen molar-refractivity contribution >= 4 is 5.69 Å². The fraction of sp³-hybridized carbons (Fsp3) is 0.625. The summed E-state index contributed by atoms with van der Waals surface area (Å²) in [5, 5.41) is 3.62. The molecule has 0 aliphatic carbocycles. The van der Waals surface area contributed by atoms with E-state index in [0.29, 0.717) is 18.1 Å². The van der Waals surface area contributed by atoms with E-state index in [1.807, 2.05) is 6.07 Å². The van der Waals surface area contributed by atoms with Gasteiger partial charge in [0.2, 0.25) is 0 Å². The summed E-state index contributed by atoms with van der Waals surface area (Å²) in [6.45, 7) is 7.38. The van der Waals surface area contributed by atoms with Crippen LogP contribution in [0, 0.1) is 12.8 Å². The van der Waals surface area contributed by atoms with E-state index in [1.165, 1.54) is 11.3 Å². The highest BCUT2D eigenvalue weighted by atomic mass is 16.5. The minimum atomic E-state index is 0.380. The lowest BCUT2D eigenvalue weighted by Crippen LogP contribution is -2.36. The van der Waals surface area contributed by atoms with Crippen molar-refractivity contribution < 1.29 is 9.47 Å². The van der Waals surface area contributed by atoms with Crippen molar-refractivity contribution in [3.63, 3.8) is 0 Å². The van der Waals surface area contributed by atoms with E-state index in [0.717, 1.165) is 25.2 Å². The molecular weight excluding hydrogens is 238 g/mol. The van der Waals surface area contributed by atoms with Crippen molar-refractivity contribution in [2.75, 3.05) is 19.0 Å². The van der Waals surface area contributed by atoms with Crippen molar-refractivity contribution in [2.45, 2.75) is 45.8 Å². The lowest BCUT2D eigenvalue weighted by molar-refractivity contribution is -0.0160. The van der Waals surface area contributed by atoms with Crippen LogP contribution in [0.25, 0.3) is 0 Å². The summed E-state index contributed by atoms with van der Waals surface area (Å²) >= 11 is 0. The largest absolute Gasteiger partial charge is 0.496 e. The molecule has 0 aromatic heterocycles. The fourth-order valence-corrected chi connectivity index (χ4v) is 2.63. The second-order valence-corrected chi connectivity index (χ2v) is 5.70. The molecule has 2 rings (SSSR count). The first-order valence-corrected chi connectivity index (χ1v) is 7.13. The van der Waals surface area contributed by atoms with Gasteiger partial charge in [0.1, 0.15) is 5.75 Å². The van der Waals surface area contributed by atoms with Gasteiger partial charge in [-0.3, -0.25) is 0 Å². The lowest BCUT2D eigenvalue weighted by Gasteiger charge is -2.33. The highest BCUT2D eigenvalue weighted by molar-refractivity contribution is 5.51. The Morgan fingerprint density at radius 1 is 1.37 bits per heavy atom. The van der Waals surface area contributed by atoms with Crippen molar-refractivity contribution in [1.29, 1.82) is 0 Å². The maximum atomic E-state index is 5.81. The van der Waals surface area contributed by atoms with E-state index in [9.17, 15) is 0 Å². The zero-order chi connectivity index (χ0) is 13.8. The monoisotopic (exact) mass is 263 g/mol. The van der Waals surface area contributed by atoms with Gasteiger partial charge in [-0.2, -0.15) is 0 Å². The molecule has 1 fully saturated rings. The number of benzene rings is 1. The topological polar surface area (TPSA) is 30.5 Å². The first kappa shape index (κ1) is 14.2. The van der Waals surface area contributed by atoms with Crippen LogP contribution in [0.15, 0.2) is 18.2 Å². The highest BCUT2D eigenvalue weighted by Crippen LogP contribution is 2.26. The van der Waals surface area contributed by atoms with Crippen molar-refractivity contribution in [3.05, 3.63) is 23.8 Å². The molecule has 0 spiro atoms. The summed E-state index contributed by atoms with van der Waals surface area (Å²) < 4.78 is 11.1. The SMILES string of the molecule is COc1ccc(NC2CCOC(C(C)C)C2)cc1C. The Balaban J connectivity index is 1.98. The number of rotatable bonds is 4. The minimum Gasteiger partial charge on any atom is -0.496 e. The van der Waals surface area contributed by atoms with Gasteiger partial charge < -0.3 is 14.8 Å². The number of hydrogen-bond acceptors (Lipinski definition) is 3. The van der Waals surface area contributed by atoms with Gasteiger partial charge >= 0.3 is 0 Å². The molecule has 2 atom stereocenters. The molecule has 1 aromatic carbocycles. The third-order valence-corrected chi connectivity index (χ3v) is 3.82. The maximum Gasteiger partial charge on any atom is 0.121 e. The Labute approximate surface area is 116 Å². The molecule has 19 heavy (non-hydrogen) atoms. The molecule has 0 bridgehead atoms. The predicted octanol–water partition coefficient (Wildman–Crippen LogP) is 3.62. The Bertz CT molecular complexity index is 417. The number of aryl methyl sites for hydroxylation is 1. The van der Waals surface area contributed by atoms with Gasteiger partial charge in [-0.1, -0.05) is 13.8 Å². The van der Waals surface area contributed by atoms with Gasteiger partial charge in [0.25, 0.3) is 0 Å². The van der Waals surface area contributed by atoms with Gasteiger partial charge in [0.15, 0.2) is 0 Å². The predicted molar refractivity (Wildman–Crippen MR) is 79.0 cm³/mol. The van der Waals surface area contributed by atoms with E-state index in [4.69, 9.17) is 9.47 Å². The van der Waals surface area contributed by atoms with Gasteiger partial charge in [0.05, 0.1) is 13.2 Å². The van der Waals surface area contributed by atoms with Crippen LogP contribution >= 0.6 is 0 Å². The van der Waals surface area contributed by atoms with Crippen LogP contribution in [-0.2, 0) is 4.74 Å². The average Bonchev–Trinajstić information content (AvgIpc) is 2.39. The van der Waals surface area contributed by atoms with E-state index >= 15 is 0 Å². The molecule has 3 nitrogen and oxygen atoms in total. The summed E-state index contributed by atoms with van der Waals surface area (Å²) in [4.78, 5) is 0. The quantitative estimate of drug-likeness (QED) is 0.900. The molecule has 1 N–H and O–H groups in total. The number of methoxy groups -OCH3 is 1. The summed E-state index contributed by atoms with van der Waals surface area (Å²) in [6.07, 6.45) is 2.54. The average molecular weight is 263 g/mol. The minimum absolute atomic E-state index is 0.380. The summed E-state index contributed by atoms with van der Waals surface area (Å²) in [5.74, 6) is 1.53. The maximum absolute atomic E-state index is 5.81. The Hall–Kier alpha value is -1.22. The third kappa shape index (κ3) is 3.63.